The standard InChI is InChI=1S/C9H20N2O3S/c1-2-5-10-15(13,14)11-6-3-4-9(7-11)8-12/h9-10,12H,2-8H2,1H3. The first-order valence-corrected chi connectivity index (χ1v) is 6.89. The average molecular weight is 236 g/mol. The second kappa shape index (κ2) is 5.79. The molecule has 6 heteroatoms. The quantitative estimate of drug-likeness (QED) is 0.702. The minimum atomic E-state index is -3.32. The zero-order valence-corrected chi connectivity index (χ0v) is 9.96. The lowest BCUT2D eigenvalue weighted by Crippen LogP contribution is -2.46. The van der Waals surface area contributed by atoms with E-state index in [4.69, 9.17) is 5.11 Å². The Morgan fingerprint density at radius 2 is 2.27 bits per heavy atom. The van der Waals surface area contributed by atoms with Crippen molar-refractivity contribution < 1.29 is 13.5 Å². The monoisotopic (exact) mass is 236 g/mol. The SMILES string of the molecule is CCCNS(=O)(=O)N1CCCC(CO)C1. The maximum absolute atomic E-state index is 11.7. The van der Waals surface area contributed by atoms with Gasteiger partial charge in [0, 0.05) is 26.2 Å². The van der Waals surface area contributed by atoms with E-state index in [2.05, 4.69) is 4.72 Å². The largest absolute Gasteiger partial charge is 0.396 e. The van der Waals surface area contributed by atoms with Crippen LogP contribution in [0.1, 0.15) is 26.2 Å². The van der Waals surface area contributed by atoms with Crippen LogP contribution in [0.5, 0.6) is 0 Å². The molecule has 1 saturated heterocycles. The van der Waals surface area contributed by atoms with Crippen LogP contribution in [0.15, 0.2) is 0 Å². The predicted molar refractivity (Wildman–Crippen MR) is 58.6 cm³/mol. The lowest BCUT2D eigenvalue weighted by Gasteiger charge is -2.30. The Morgan fingerprint density at radius 3 is 2.87 bits per heavy atom. The second-order valence-electron chi connectivity index (χ2n) is 3.95. The Labute approximate surface area is 91.7 Å². The zero-order chi connectivity index (χ0) is 11.3. The Kier molecular flexibility index (Phi) is 4.98. The third-order valence-electron chi connectivity index (χ3n) is 2.61. The van der Waals surface area contributed by atoms with Crippen molar-refractivity contribution in [1.29, 1.82) is 0 Å². The number of hydrogen-bond acceptors (Lipinski definition) is 3. The molecule has 0 radical (unpaired) electrons. The fraction of sp³-hybridized carbons (Fsp3) is 1.00. The molecule has 1 fully saturated rings. The van der Waals surface area contributed by atoms with Crippen LogP contribution in [0.25, 0.3) is 0 Å². The molecule has 1 atom stereocenters. The highest BCUT2D eigenvalue weighted by Gasteiger charge is 2.27. The summed E-state index contributed by atoms with van der Waals surface area (Å²) in [5.41, 5.74) is 0. The van der Waals surface area contributed by atoms with Gasteiger partial charge < -0.3 is 5.11 Å². The van der Waals surface area contributed by atoms with Crippen LogP contribution >= 0.6 is 0 Å². The third kappa shape index (κ3) is 3.71. The maximum Gasteiger partial charge on any atom is 0.279 e. The van der Waals surface area contributed by atoms with Crippen molar-refractivity contribution in [2.45, 2.75) is 26.2 Å². The van der Waals surface area contributed by atoms with E-state index in [9.17, 15) is 8.42 Å². The van der Waals surface area contributed by atoms with Crippen LogP contribution in [0.2, 0.25) is 0 Å². The number of aliphatic hydroxyl groups excluding tert-OH is 1. The Balaban J connectivity index is 2.54. The highest BCUT2D eigenvalue weighted by atomic mass is 32.2. The van der Waals surface area contributed by atoms with Crippen molar-refractivity contribution in [3.63, 3.8) is 0 Å². The van der Waals surface area contributed by atoms with Crippen molar-refractivity contribution in [3.05, 3.63) is 0 Å². The van der Waals surface area contributed by atoms with Crippen molar-refractivity contribution in [2.24, 2.45) is 5.92 Å². The van der Waals surface area contributed by atoms with E-state index in [-0.39, 0.29) is 12.5 Å². The van der Waals surface area contributed by atoms with Gasteiger partial charge in [-0.2, -0.15) is 12.7 Å². The number of rotatable bonds is 5. The molecule has 0 spiro atoms. The molecule has 90 valence electrons. The van der Waals surface area contributed by atoms with Crippen molar-refractivity contribution in [2.75, 3.05) is 26.2 Å². The summed E-state index contributed by atoms with van der Waals surface area (Å²) in [4.78, 5) is 0. The normalized spacial score (nSPS) is 24.3. The van der Waals surface area contributed by atoms with Crippen molar-refractivity contribution in [3.8, 4) is 0 Å². The van der Waals surface area contributed by atoms with Gasteiger partial charge in [0.1, 0.15) is 0 Å². The summed E-state index contributed by atoms with van der Waals surface area (Å²) in [7, 11) is -3.32. The minimum Gasteiger partial charge on any atom is -0.396 e. The first-order valence-electron chi connectivity index (χ1n) is 5.45. The summed E-state index contributed by atoms with van der Waals surface area (Å²) >= 11 is 0. The van der Waals surface area contributed by atoms with Crippen molar-refractivity contribution >= 4 is 10.2 Å². The van der Waals surface area contributed by atoms with Crippen LogP contribution in [-0.2, 0) is 10.2 Å². The van der Waals surface area contributed by atoms with Gasteiger partial charge in [0.2, 0.25) is 0 Å². The van der Waals surface area contributed by atoms with E-state index in [1.807, 2.05) is 6.92 Å². The number of aliphatic hydroxyl groups is 1. The van der Waals surface area contributed by atoms with Gasteiger partial charge in [0.15, 0.2) is 0 Å². The van der Waals surface area contributed by atoms with Gasteiger partial charge in [-0.3, -0.25) is 0 Å². The molecular weight excluding hydrogens is 216 g/mol. The number of piperidine rings is 1. The van der Waals surface area contributed by atoms with Gasteiger partial charge in [-0.05, 0) is 25.2 Å². The fourth-order valence-corrected chi connectivity index (χ4v) is 3.14. The maximum atomic E-state index is 11.7. The summed E-state index contributed by atoms with van der Waals surface area (Å²) in [6, 6.07) is 0. The van der Waals surface area contributed by atoms with Crippen LogP contribution < -0.4 is 4.72 Å². The molecule has 0 aromatic carbocycles. The molecule has 0 amide bonds. The number of nitrogens with one attached hydrogen (secondary N) is 1. The van der Waals surface area contributed by atoms with Crippen LogP contribution in [0, 0.1) is 5.92 Å². The summed E-state index contributed by atoms with van der Waals surface area (Å²) in [5, 5.41) is 9.01. The van der Waals surface area contributed by atoms with Crippen molar-refractivity contribution in [1.82, 2.24) is 9.03 Å². The fourth-order valence-electron chi connectivity index (χ4n) is 1.72. The zero-order valence-electron chi connectivity index (χ0n) is 9.15. The summed E-state index contributed by atoms with van der Waals surface area (Å²) in [6.07, 6.45) is 2.53. The molecule has 0 aromatic heterocycles. The van der Waals surface area contributed by atoms with E-state index in [0.29, 0.717) is 19.6 Å². The molecule has 0 aliphatic carbocycles. The van der Waals surface area contributed by atoms with E-state index in [0.717, 1.165) is 19.3 Å². The smallest absolute Gasteiger partial charge is 0.279 e. The molecular formula is C9H20N2O3S. The van der Waals surface area contributed by atoms with Gasteiger partial charge in [0.25, 0.3) is 10.2 Å². The lowest BCUT2D eigenvalue weighted by atomic mass is 10.0. The summed E-state index contributed by atoms with van der Waals surface area (Å²) in [6.45, 7) is 3.47. The molecule has 1 rings (SSSR count). The van der Waals surface area contributed by atoms with Crippen LogP contribution in [0.3, 0.4) is 0 Å². The average Bonchev–Trinajstić information content (AvgIpc) is 2.26. The first-order chi connectivity index (χ1) is 7.10. The second-order valence-corrected chi connectivity index (χ2v) is 5.70. The van der Waals surface area contributed by atoms with Gasteiger partial charge in [-0.25, -0.2) is 4.72 Å². The molecule has 1 aliphatic rings. The Bertz CT molecular complexity index is 279. The van der Waals surface area contributed by atoms with Gasteiger partial charge in [-0.15, -0.1) is 0 Å². The van der Waals surface area contributed by atoms with Crippen LogP contribution in [0.4, 0.5) is 0 Å². The predicted octanol–water partition coefficient (Wildman–Crippen LogP) is -0.0649. The van der Waals surface area contributed by atoms with E-state index in [1.165, 1.54) is 4.31 Å². The molecule has 0 bridgehead atoms. The highest BCUT2D eigenvalue weighted by Crippen LogP contribution is 2.17. The van der Waals surface area contributed by atoms with E-state index in [1.54, 1.807) is 0 Å². The molecule has 0 aromatic rings. The van der Waals surface area contributed by atoms with E-state index < -0.39 is 10.2 Å². The highest BCUT2D eigenvalue weighted by molar-refractivity contribution is 7.87. The minimum absolute atomic E-state index is 0.0692. The van der Waals surface area contributed by atoms with Gasteiger partial charge >= 0.3 is 0 Å². The molecule has 15 heavy (non-hydrogen) atoms. The van der Waals surface area contributed by atoms with Gasteiger partial charge in [0.05, 0.1) is 0 Å². The molecule has 1 unspecified atom stereocenters. The molecule has 2 N–H and O–H groups in total. The topological polar surface area (TPSA) is 69.6 Å². The lowest BCUT2D eigenvalue weighted by molar-refractivity contribution is 0.165. The third-order valence-corrected chi connectivity index (χ3v) is 4.19. The number of nitrogens with zero attached hydrogens (tertiary/aromatic N) is 1. The summed E-state index contributed by atoms with van der Waals surface area (Å²) in [5.74, 6) is 0.0944. The molecule has 0 saturated carbocycles. The molecule has 5 nitrogen and oxygen atoms in total. The summed E-state index contributed by atoms with van der Waals surface area (Å²) < 4.78 is 27.5. The number of hydrogen-bond donors (Lipinski definition) is 2. The van der Waals surface area contributed by atoms with Gasteiger partial charge in [-0.1, -0.05) is 6.92 Å². The Hall–Kier alpha value is -0.170. The van der Waals surface area contributed by atoms with Crippen LogP contribution in [-0.4, -0.2) is 44.1 Å². The Morgan fingerprint density at radius 1 is 1.53 bits per heavy atom. The molecule has 1 heterocycles. The van der Waals surface area contributed by atoms with E-state index >= 15 is 0 Å². The molecule has 1 aliphatic heterocycles. The first kappa shape index (κ1) is 12.9.